The molecular formula is C17H18NO. The molecule has 1 radical (unpaired) electrons. The van der Waals surface area contributed by atoms with E-state index in [0.29, 0.717) is 10.0 Å². The molecule has 2 rings (SSSR count). The second-order valence-corrected chi connectivity index (χ2v) is 5.14. The second kappa shape index (κ2) is 5.72. The highest BCUT2D eigenvalue weighted by Gasteiger charge is 2.14. The molecule has 0 fully saturated rings. The summed E-state index contributed by atoms with van der Waals surface area (Å²) in [4.78, 5) is 12.1. The fourth-order valence-electron chi connectivity index (χ4n) is 2.01. The number of quaternary nitrogens is 1. The van der Waals surface area contributed by atoms with E-state index in [9.17, 15) is 4.79 Å². The summed E-state index contributed by atoms with van der Waals surface area (Å²) in [5.41, 5.74) is 1.88. The van der Waals surface area contributed by atoms with Gasteiger partial charge in [0, 0.05) is 12.1 Å². The molecule has 0 unspecified atom stereocenters. The maximum Gasteiger partial charge on any atom is 0.0943 e. The Labute approximate surface area is 114 Å². The highest BCUT2D eigenvalue weighted by molar-refractivity contribution is 6.01. The van der Waals surface area contributed by atoms with Gasteiger partial charge in [0.2, 0.25) is 0 Å². The summed E-state index contributed by atoms with van der Waals surface area (Å²) in [7, 11) is 3.96. The lowest BCUT2D eigenvalue weighted by atomic mass is 10.1. The van der Waals surface area contributed by atoms with Crippen LogP contribution in [0, 0.1) is 6.54 Å². The average Bonchev–Trinajstić information content (AvgIpc) is 2.39. The van der Waals surface area contributed by atoms with Crippen molar-refractivity contribution in [1.29, 1.82) is 0 Å². The topological polar surface area (TPSA) is 17.1 Å². The Morgan fingerprint density at radius 1 is 0.947 bits per heavy atom. The Kier molecular flexibility index (Phi) is 4.03. The van der Waals surface area contributed by atoms with Gasteiger partial charge in [-0.1, -0.05) is 48.5 Å². The van der Waals surface area contributed by atoms with Crippen LogP contribution in [0.4, 0.5) is 0 Å². The summed E-state index contributed by atoms with van der Waals surface area (Å²) in [5.74, 6) is -0.0541. The predicted molar refractivity (Wildman–Crippen MR) is 76.3 cm³/mol. The first kappa shape index (κ1) is 13.4. The van der Waals surface area contributed by atoms with Crippen LogP contribution >= 0.6 is 0 Å². The molecule has 0 saturated carbocycles. The van der Waals surface area contributed by atoms with Gasteiger partial charge in [-0.25, -0.2) is 0 Å². The van der Waals surface area contributed by atoms with Crippen molar-refractivity contribution >= 4 is 5.78 Å². The largest absolute Gasteiger partial charge is 0.371 e. The van der Waals surface area contributed by atoms with Gasteiger partial charge in [-0.15, -0.1) is 17.7 Å². The molecule has 19 heavy (non-hydrogen) atoms. The molecule has 2 heteroatoms. The molecule has 0 aromatic heterocycles. The Morgan fingerprint density at radius 3 is 2.05 bits per heavy atom. The third-order valence-corrected chi connectivity index (χ3v) is 2.86. The lowest BCUT2D eigenvalue weighted by Crippen LogP contribution is -2.38. The zero-order valence-corrected chi connectivity index (χ0v) is 11.3. The molecule has 0 amide bonds. The first-order valence-electron chi connectivity index (χ1n) is 6.31. The number of likely N-dealkylation sites (N-methyl/N-ethyl adjacent to an activating group) is 1. The normalized spacial score (nSPS) is 11.1. The molecule has 0 aliphatic rings. The molecule has 0 aliphatic heterocycles. The van der Waals surface area contributed by atoms with Gasteiger partial charge in [-0.2, -0.15) is 0 Å². The van der Waals surface area contributed by atoms with E-state index in [1.54, 1.807) is 0 Å². The lowest BCUT2D eigenvalue weighted by Gasteiger charge is -2.34. The minimum Gasteiger partial charge on any atom is -0.371 e. The summed E-state index contributed by atoms with van der Waals surface area (Å²) in [6.07, 6.45) is 0. The number of nitrogens with zero attached hydrogens (tertiary/aromatic N) is 1. The first-order chi connectivity index (χ1) is 9.07. The summed E-state index contributed by atoms with van der Waals surface area (Å²) >= 11 is 0. The van der Waals surface area contributed by atoms with Crippen molar-refractivity contribution < 1.29 is 9.28 Å². The number of hydrogen-bond donors (Lipinski definition) is 0. The minimum atomic E-state index is -0.0541. The van der Waals surface area contributed by atoms with Crippen molar-refractivity contribution in [1.82, 2.24) is 0 Å². The van der Waals surface area contributed by atoms with E-state index >= 15 is 0 Å². The second-order valence-electron chi connectivity index (χ2n) is 5.14. The van der Waals surface area contributed by atoms with Crippen LogP contribution in [0.3, 0.4) is 0 Å². The number of hydrogen-bond acceptors (Lipinski definition) is 1. The number of carbonyl (C=O) groups excluding carboxylic acids is 1. The van der Waals surface area contributed by atoms with E-state index in [1.807, 2.05) is 62.6 Å². The van der Waals surface area contributed by atoms with Gasteiger partial charge in [0.15, 0.2) is 0 Å². The van der Waals surface area contributed by atoms with Gasteiger partial charge in [0.1, 0.15) is 0 Å². The van der Waals surface area contributed by atoms with E-state index in [0.717, 1.165) is 6.54 Å². The Bertz CT molecular complexity index is 532. The zero-order chi connectivity index (χ0) is 13.7. The van der Waals surface area contributed by atoms with Gasteiger partial charge < -0.3 is 9.28 Å². The maximum absolute atomic E-state index is 12.1. The van der Waals surface area contributed by atoms with Crippen molar-refractivity contribution in [3.8, 4) is 0 Å². The van der Waals surface area contributed by atoms with Crippen molar-refractivity contribution in [2.75, 3.05) is 14.1 Å². The molecule has 2 aromatic rings. The van der Waals surface area contributed by atoms with Crippen LogP contribution in [-0.4, -0.2) is 24.4 Å². The number of Topliss-reactive ketones (excluding diaryl/α,β-unsaturated/α-hetero) is 1. The fourth-order valence-corrected chi connectivity index (χ4v) is 2.01. The quantitative estimate of drug-likeness (QED) is 0.454. The Balaban J connectivity index is 2.03. The van der Waals surface area contributed by atoms with Crippen LogP contribution in [0.25, 0.3) is 0 Å². The molecule has 2 aromatic carbocycles. The molecule has 2 nitrogen and oxygen atoms in total. The number of carbonyl (C=O) groups is 1. The number of ketones is 1. The van der Waals surface area contributed by atoms with Crippen molar-refractivity contribution in [2.45, 2.75) is 6.54 Å². The van der Waals surface area contributed by atoms with E-state index in [4.69, 9.17) is 0 Å². The summed E-state index contributed by atoms with van der Waals surface area (Å²) in [6.45, 7) is 3.77. The van der Waals surface area contributed by atoms with Gasteiger partial charge in [0.25, 0.3) is 0 Å². The highest BCUT2D eigenvalue weighted by atomic mass is 16.1. The number of rotatable bonds is 5. The highest BCUT2D eigenvalue weighted by Crippen LogP contribution is 2.14. The summed E-state index contributed by atoms with van der Waals surface area (Å²) < 4.78 is 0.414. The minimum absolute atomic E-state index is 0.0541. The monoisotopic (exact) mass is 252 g/mol. The van der Waals surface area contributed by atoms with E-state index < -0.39 is 0 Å². The van der Waals surface area contributed by atoms with Crippen LogP contribution in [0.15, 0.2) is 60.7 Å². The van der Waals surface area contributed by atoms with Crippen LogP contribution in [0.1, 0.15) is 15.9 Å². The maximum atomic E-state index is 12.1. The molecule has 0 aliphatic carbocycles. The van der Waals surface area contributed by atoms with Crippen LogP contribution < -0.4 is 0 Å². The van der Waals surface area contributed by atoms with Gasteiger partial charge >= 0.3 is 0 Å². The van der Waals surface area contributed by atoms with Gasteiger partial charge in [-0.3, -0.25) is 0 Å². The molecular weight excluding hydrogens is 234 g/mol. The average molecular weight is 252 g/mol. The molecule has 0 N–H and O–H groups in total. The first-order valence-corrected chi connectivity index (χ1v) is 6.31. The smallest absolute Gasteiger partial charge is 0.0943 e. The summed E-state index contributed by atoms with van der Waals surface area (Å²) in [6, 6.07) is 19.4. The summed E-state index contributed by atoms with van der Waals surface area (Å²) in [5, 5.41) is 0. The zero-order valence-electron chi connectivity index (χ0n) is 11.3. The predicted octanol–water partition coefficient (Wildman–Crippen LogP) is 3.18. The lowest BCUT2D eigenvalue weighted by molar-refractivity contribution is -0.868. The third-order valence-electron chi connectivity index (χ3n) is 2.86. The van der Waals surface area contributed by atoms with Crippen LogP contribution in [-0.2, 0) is 6.54 Å². The molecule has 0 spiro atoms. The Hall–Kier alpha value is -2.06. The molecule has 97 valence electrons. The standard InChI is InChI=1S/C17H18NO/c1-18(2,13-15-9-5-3-6-10-15)14-17(19)16-11-7-4-8-12-16/h3-12H,13H2,1-2H3. The van der Waals surface area contributed by atoms with Crippen LogP contribution in [0.5, 0.6) is 0 Å². The number of benzene rings is 2. The Morgan fingerprint density at radius 2 is 1.47 bits per heavy atom. The van der Waals surface area contributed by atoms with Gasteiger partial charge in [0.05, 0.1) is 26.4 Å². The third kappa shape index (κ3) is 3.97. The molecule has 0 saturated heterocycles. The molecule has 0 heterocycles. The SMILES string of the molecule is C[N+](C)([C-]C(=O)c1ccccc1)Cc1ccccc1. The van der Waals surface area contributed by atoms with E-state index in [-0.39, 0.29) is 5.78 Å². The molecule has 0 bridgehead atoms. The van der Waals surface area contributed by atoms with E-state index in [1.165, 1.54) is 5.56 Å². The van der Waals surface area contributed by atoms with Crippen molar-refractivity contribution in [3.63, 3.8) is 0 Å². The van der Waals surface area contributed by atoms with E-state index in [2.05, 4.69) is 18.7 Å². The van der Waals surface area contributed by atoms with Gasteiger partial charge in [-0.05, 0) is 0 Å². The molecule has 0 atom stereocenters. The fraction of sp³-hybridized carbons (Fsp3) is 0.176. The van der Waals surface area contributed by atoms with Crippen molar-refractivity contribution in [3.05, 3.63) is 78.3 Å². The van der Waals surface area contributed by atoms with Crippen LogP contribution in [0.2, 0.25) is 0 Å². The van der Waals surface area contributed by atoms with Crippen molar-refractivity contribution in [2.24, 2.45) is 0 Å².